The second-order valence-electron chi connectivity index (χ2n) is 8.18. The minimum Gasteiger partial charge on any atom is -0.444 e. The molecule has 3 N–H and O–H groups in total. The van der Waals surface area contributed by atoms with Crippen molar-refractivity contribution in [1.82, 2.24) is 16.0 Å². The number of guanidine groups is 1. The number of carbonyl (C=O) groups is 1. The number of nitrogens with zero attached hydrogens (tertiary/aromatic N) is 1. The largest absolute Gasteiger partial charge is 0.444 e. The van der Waals surface area contributed by atoms with E-state index in [1.807, 2.05) is 26.8 Å². The highest BCUT2D eigenvalue weighted by Gasteiger charge is 2.34. The van der Waals surface area contributed by atoms with Gasteiger partial charge >= 0.3 is 6.09 Å². The molecule has 0 aromatic heterocycles. The fourth-order valence-electron chi connectivity index (χ4n) is 3.28. The van der Waals surface area contributed by atoms with Crippen LogP contribution in [0.25, 0.3) is 0 Å². The van der Waals surface area contributed by atoms with E-state index in [9.17, 15) is 9.18 Å². The van der Waals surface area contributed by atoms with Crippen LogP contribution in [0.3, 0.4) is 0 Å². The van der Waals surface area contributed by atoms with Gasteiger partial charge in [0.05, 0.1) is 0 Å². The van der Waals surface area contributed by atoms with Crippen LogP contribution in [0.15, 0.2) is 29.3 Å². The zero-order valence-corrected chi connectivity index (χ0v) is 20.5. The van der Waals surface area contributed by atoms with Crippen LogP contribution in [0, 0.1) is 5.82 Å². The molecule has 170 valence electrons. The van der Waals surface area contributed by atoms with Gasteiger partial charge in [-0.25, -0.2) is 9.18 Å². The Bertz CT molecular complexity index is 704. The van der Waals surface area contributed by atoms with Gasteiger partial charge in [0.1, 0.15) is 11.4 Å². The monoisotopic (exact) mass is 536 g/mol. The van der Waals surface area contributed by atoms with Gasteiger partial charge in [0.15, 0.2) is 5.96 Å². The van der Waals surface area contributed by atoms with E-state index in [1.54, 1.807) is 19.2 Å². The molecule has 7 nitrogen and oxygen atoms in total. The third-order valence-corrected chi connectivity index (χ3v) is 4.79. The number of rotatable bonds is 6. The fraction of sp³-hybridized carbons (Fsp3) is 0.619. The Labute approximate surface area is 195 Å². The van der Waals surface area contributed by atoms with E-state index >= 15 is 0 Å². The Balaban J connectivity index is 0.00000450. The highest BCUT2D eigenvalue weighted by Crippen LogP contribution is 2.34. The number of halogens is 2. The van der Waals surface area contributed by atoms with Gasteiger partial charge < -0.3 is 25.4 Å². The maximum atomic E-state index is 13.8. The molecule has 1 aliphatic rings. The number of aliphatic imine (C=N–C) groups is 1. The maximum Gasteiger partial charge on any atom is 0.407 e. The number of benzene rings is 1. The molecule has 0 radical (unpaired) electrons. The van der Waals surface area contributed by atoms with Gasteiger partial charge in [0, 0.05) is 45.3 Å². The summed E-state index contributed by atoms with van der Waals surface area (Å²) in [6.07, 6.45) is 1.16. The summed E-state index contributed by atoms with van der Waals surface area (Å²) in [4.78, 5) is 15.9. The van der Waals surface area contributed by atoms with Gasteiger partial charge in [-0.3, -0.25) is 4.99 Å². The summed E-state index contributed by atoms with van der Waals surface area (Å²) in [7, 11) is 1.69. The number of nitrogens with one attached hydrogen (secondary N) is 3. The van der Waals surface area contributed by atoms with Gasteiger partial charge in [-0.05, 0) is 51.3 Å². The maximum absolute atomic E-state index is 13.8. The normalized spacial score (nSPS) is 16.2. The fourth-order valence-corrected chi connectivity index (χ4v) is 3.28. The molecule has 1 amide bonds. The molecule has 9 heteroatoms. The van der Waals surface area contributed by atoms with Gasteiger partial charge in [-0.2, -0.15) is 0 Å². The summed E-state index contributed by atoms with van der Waals surface area (Å²) >= 11 is 0. The van der Waals surface area contributed by atoms with Crippen LogP contribution in [0.1, 0.15) is 39.2 Å². The Kier molecular flexibility index (Phi) is 10.8. The molecule has 0 saturated carbocycles. The molecule has 1 aromatic carbocycles. The standard InChI is InChI=1S/C21H33FN4O3.HI/c1-20(2,3)29-19(27)25-11-10-24-18(23-4)26-15-21(8-12-28-13-9-21)16-6-5-7-17(22)14-16;/h5-7,14H,8-13,15H2,1-4H3,(H,25,27)(H2,23,24,26);1H. The lowest BCUT2D eigenvalue weighted by atomic mass is 9.74. The number of hydrogen-bond donors (Lipinski definition) is 3. The Morgan fingerprint density at radius 2 is 1.87 bits per heavy atom. The summed E-state index contributed by atoms with van der Waals surface area (Å²) in [5.74, 6) is 0.391. The number of ether oxygens (including phenoxy) is 2. The van der Waals surface area contributed by atoms with Crippen LogP contribution in [0.4, 0.5) is 9.18 Å². The van der Waals surface area contributed by atoms with Gasteiger partial charge in [-0.1, -0.05) is 12.1 Å². The smallest absolute Gasteiger partial charge is 0.407 e. The van der Waals surface area contributed by atoms with E-state index in [0.717, 1.165) is 18.4 Å². The zero-order valence-electron chi connectivity index (χ0n) is 18.2. The zero-order chi connectivity index (χ0) is 21.3. The average molecular weight is 536 g/mol. The van der Waals surface area contributed by atoms with Crippen molar-refractivity contribution in [3.05, 3.63) is 35.6 Å². The van der Waals surface area contributed by atoms with Gasteiger partial charge in [0.25, 0.3) is 0 Å². The molecule has 30 heavy (non-hydrogen) atoms. The summed E-state index contributed by atoms with van der Waals surface area (Å²) in [6.45, 7) is 8.25. The molecule has 0 bridgehead atoms. The molecule has 2 rings (SSSR count). The third kappa shape index (κ3) is 8.63. The first-order valence-corrected chi connectivity index (χ1v) is 9.99. The van der Waals surface area contributed by atoms with Crippen LogP contribution < -0.4 is 16.0 Å². The molecular weight excluding hydrogens is 502 g/mol. The molecule has 1 fully saturated rings. The summed E-state index contributed by atoms with van der Waals surface area (Å²) in [5, 5.41) is 9.21. The van der Waals surface area contributed by atoms with E-state index in [1.165, 1.54) is 6.07 Å². The van der Waals surface area contributed by atoms with Gasteiger partial charge in [-0.15, -0.1) is 24.0 Å². The number of carbonyl (C=O) groups excluding carboxylic acids is 1. The average Bonchev–Trinajstić information content (AvgIpc) is 2.67. The van der Waals surface area contributed by atoms with Crippen molar-refractivity contribution in [3.63, 3.8) is 0 Å². The number of amides is 1. The minimum atomic E-state index is -0.524. The lowest BCUT2D eigenvalue weighted by Crippen LogP contribution is -2.49. The Morgan fingerprint density at radius 3 is 2.47 bits per heavy atom. The van der Waals surface area contributed by atoms with Crippen LogP contribution in [-0.2, 0) is 14.9 Å². The second kappa shape index (κ2) is 12.3. The van der Waals surface area contributed by atoms with Crippen molar-refractivity contribution in [2.24, 2.45) is 4.99 Å². The number of hydrogen-bond acceptors (Lipinski definition) is 4. The summed E-state index contributed by atoms with van der Waals surface area (Å²) in [6, 6.07) is 6.78. The summed E-state index contributed by atoms with van der Waals surface area (Å²) in [5.41, 5.74) is 0.229. The van der Waals surface area contributed by atoms with Crippen molar-refractivity contribution in [2.75, 3.05) is 39.9 Å². The van der Waals surface area contributed by atoms with Crippen LogP contribution >= 0.6 is 24.0 Å². The van der Waals surface area contributed by atoms with Crippen molar-refractivity contribution in [3.8, 4) is 0 Å². The molecule has 0 unspecified atom stereocenters. The predicted octanol–water partition coefficient (Wildman–Crippen LogP) is 3.18. The first-order chi connectivity index (χ1) is 13.7. The topological polar surface area (TPSA) is 84.0 Å². The predicted molar refractivity (Wildman–Crippen MR) is 127 cm³/mol. The van der Waals surface area contributed by atoms with Crippen LogP contribution in [0.2, 0.25) is 0 Å². The van der Waals surface area contributed by atoms with Crippen molar-refractivity contribution in [1.29, 1.82) is 0 Å². The van der Waals surface area contributed by atoms with Crippen molar-refractivity contribution < 1.29 is 18.7 Å². The molecule has 0 spiro atoms. The van der Waals surface area contributed by atoms with Gasteiger partial charge in [0.2, 0.25) is 0 Å². The Morgan fingerprint density at radius 1 is 1.20 bits per heavy atom. The third-order valence-electron chi connectivity index (χ3n) is 4.79. The molecule has 1 heterocycles. The van der Waals surface area contributed by atoms with E-state index in [2.05, 4.69) is 20.9 Å². The lowest BCUT2D eigenvalue weighted by Gasteiger charge is -2.38. The quantitative estimate of drug-likeness (QED) is 0.225. The second-order valence-corrected chi connectivity index (χ2v) is 8.18. The molecular formula is C21H34FIN4O3. The molecule has 0 atom stereocenters. The van der Waals surface area contributed by atoms with E-state index in [4.69, 9.17) is 9.47 Å². The van der Waals surface area contributed by atoms with Crippen LogP contribution in [-0.4, -0.2) is 57.5 Å². The Hall–Kier alpha value is -1.62. The highest BCUT2D eigenvalue weighted by molar-refractivity contribution is 14.0. The molecule has 1 aliphatic heterocycles. The first kappa shape index (κ1) is 26.4. The minimum absolute atomic E-state index is 0. The van der Waals surface area contributed by atoms with E-state index in [0.29, 0.717) is 38.8 Å². The highest BCUT2D eigenvalue weighted by atomic mass is 127. The van der Waals surface area contributed by atoms with Crippen molar-refractivity contribution in [2.45, 2.75) is 44.6 Å². The molecule has 0 aliphatic carbocycles. The molecule has 1 aromatic rings. The number of alkyl carbamates (subject to hydrolysis) is 1. The lowest BCUT2D eigenvalue weighted by molar-refractivity contribution is 0.0512. The van der Waals surface area contributed by atoms with E-state index < -0.39 is 11.7 Å². The first-order valence-electron chi connectivity index (χ1n) is 9.99. The molecule has 1 saturated heterocycles. The summed E-state index contributed by atoms with van der Waals surface area (Å²) < 4.78 is 24.5. The van der Waals surface area contributed by atoms with E-state index in [-0.39, 0.29) is 35.2 Å². The van der Waals surface area contributed by atoms with Crippen molar-refractivity contribution >= 4 is 36.0 Å². The SMILES string of the molecule is CN=C(NCCNC(=O)OC(C)(C)C)NCC1(c2cccc(F)c2)CCOCC1.I. The van der Waals surface area contributed by atoms with Crippen LogP contribution in [0.5, 0.6) is 0 Å².